The van der Waals surface area contributed by atoms with Crippen LogP contribution in [0.2, 0.25) is 0 Å². The van der Waals surface area contributed by atoms with Crippen LogP contribution in [0.1, 0.15) is 26.2 Å². The molecule has 0 rings (SSSR count). The molecule has 0 fully saturated rings. The number of carboxylic acid groups (broad SMARTS) is 2. The largest absolute Gasteiger partial charge is 0.481 e. The lowest BCUT2D eigenvalue weighted by atomic mass is 10.1. The molecule has 92 valence electrons. The van der Waals surface area contributed by atoms with Crippen molar-refractivity contribution in [3.63, 3.8) is 0 Å². The van der Waals surface area contributed by atoms with Crippen LogP contribution >= 0.6 is 0 Å². The zero-order valence-electron chi connectivity index (χ0n) is 9.02. The molecule has 0 aliphatic rings. The normalized spacial score (nSPS) is 11.6. The summed E-state index contributed by atoms with van der Waals surface area (Å²) in [6.45, 7) is 2.30. The van der Waals surface area contributed by atoms with E-state index in [0.717, 1.165) is 6.42 Å². The standard InChI is InChI=1S/C9H16N2O5/c1-2-5-10-9(16)11-6(8(14)15)3-4-7(12)13/h6H,2-5H2,1H3,(H,12,13)(H,14,15)(H2,10,11,16)/t6-/m0/s1. The highest BCUT2D eigenvalue weighted by atomic mass is 16.4. The minimum absolute atomic E-state index is 0.135. The molecule has 0 aromatic heterocycles. The van der Waals surface area contributed by atoms with Crippen LogP contribution in [-0.2, 0) is 9.59 Å². The Hall–Kier alpha value is -1.79. The second-order valence-corrected chi connectivity index (χ2v) is 3.22. The van der Waals surface area contributed by atoms with Crippen LogP contribution in [0, 0.1) is 0 Å². The molecule has 0 aliphatic carbocycles. The van der Waals surface area contributed by atoms with Crippen molar-refractivity contribution in [3.8, 4) is 0 Å². The number of carbonyl (C=O) groups is 3. The van der Waals surface area contributed by atoms with E-state index in [1.165, 1.54) is 0 Å². The van der Waals surface area contributed by atoms with Crippen molar-refractivity contribution in [1.29, 1.82) is 0 Å². The van der Waals surface area contributed by atoms with E-state index in [9.17, 15) is 14.4 Å². The smallest absolute Gasteiger partial charge is 0.326 e. The summed E-state index contributed by atoms with van der Waals surface area (Å²) in [7, 11) is 0. The summed E-state index contributed by atoms with van der Waals surface area (Å²) in [5.74, 6) is -2.34. The van der Waals surface area contributed by atoms with Gasteiger partial charge >= 0.3 is 18.0 Å². The maximum atomic E-state index is 11.1. The topological polar surface area (TPSA) is 116 Å². The summed E-state index contributed by atoms with van der Waals surface area (Å²) in [6, 6.07) is -1.77. The molecule has 7 nitrogen and oxygen atoms in total. The fraction of sp³-hybridized carbons (Fsp3) is 0.667. The van der Waals surface area contributed by atoms with Crippen LogP contribution < -0.4 is 10.6 Å². The van der Waals surface area contributed by atoms with E-state index in [4.69, 9.17) is 10.2 Å². The van der Waals surface area contributed by atoms with Crippen LogP contribution in [0.25, 0.3) is 0 Å². The summed E-state index contributed by atoms with van der Waals surface area (Å²) in [6.07, 6.45) is 0.301. The van der Waals surface area contributed by atoms with Crippen molar-refractivity contribution in [3.05, 3.63) is 0 Å². The molecule has 0 saturated heterocycles. The van der Waals surface area contributed by atoms with Gasteiger partial charge in [0.2, 0.25) is 0 Å². The highest BCUT2D eigenvalue weighted by Crippen LogP contribution is 1.97. The summed E-state index contributed by atoms with van der Waals surface area (Å²) in [5.41, 5.74) is 0. The van der Waals surface area contributed by atoms with Gasteiger partial charge in [0, 0.05) is 13.0 Å². The Labute approximate surface area is 92.8 Å². The lowest BCUT2D eigenvalue weighted by Gasteiger charge is -2.13. The van der Waals surface area contributed by atoms with Gasteiger partial charge in [0.1, 0.15) is 6.04 Å². The van der Waals surface area contributed by atoms with Gasteiger partial charge < -0.3 is 20.8 Å². The zero-order valence-corrected chi connectivity index (χ0v) is 9.02. The van der Waals surface area contributed by atoms with Gasteiger partial charge in [-0.3, -0.25) is 4.79 Å². The van der Waals surface area contributed by atoms with Crippen molar-refractivity contribution in [2.24, 2.45) is 0 Å². The van der Waals surface area contributed by atoms with Crippen molar-refractivity contribution in [1.82, 2.24) is 10.6 Å². The number of hydrogen-bond acceptors (Lipinski definition) is 3. The van der Waals surface area contributed by atoms with Gasteiger partial charge in [0.15, 0.2) is 0 Å². The van der Waals surface area contributed by atoms with E-state index in [1.807, 2.05) is 6.92 Å². The fourth-order valence-electron chi connectivity index (χ4n) is 0.973. The number of rotatable bonds is 7. The molecule has 7 heteroatoms. The number of carbonyl (C=O) groups excluding carboxylic acids is 1. The van der Waals surface area contributed by atoms with Crippen molar-refractivity contribution >= 4 is 18.0 Å². The second-order valence-electron chi connectivity index (χ2n) is 3.22. The molecule has 4 N–H and O–H groups in total. The third-order valence-electron chi connectivity index (χ3n) is 1.79. The average molecular weight is 232 g/mol. The molecule has 0 aromatic carbocycles. The molecule has 0 unspecified atom stereocenters. The highest BCUT2D eigenvalue weighted by Gasteiger charge is 2.20. The quantitative estimate of drug-likeness (QED) is 0.493. The van der Waals surface area contributed by atoms with Gasteiger partial charge in [-0.25, -0.2) is 9.59 Å². The third-order valence-corrected chi connectivity index (χ3v) is 1.79. The molecule has 2 amide bonds. The zero-order chi connectivity index (χ0) is 12.6. The number of urea groups is 1. The Balaban J connectivity index is 4.07. The Kier molecular flexibility index (Phi) is 6.66. The monoisotopic (exact) mass is 232 g/mol. The maximum absolute atomic E-state index is 11.1. The molecular formula is C9H16N2O5. The Morgan fingerprint density at radius 3 is 2.31 bits per heavy atom. The number of amides is 2. The molecule has 16 heavy (non-hydrogen) atoms. The van der Waals surface area contributed by atoms with Gasteiger partial charge in [0.05, 0.1) is 0 Å². The summed E-state index contributed by atoms with van der Waals surface area (Å²) in [4.78, 5) is 32.1. The minimum Gasteiger partial charge on any atom is -0.481 e. The lowest BCUT2D eigenvalue weighted by Crippen LogP contribution is -2.46. The van der Waals surface area contributed by atoms with Crippen LogP contribution in [0.4, 0.5) is 4.79 Å². The van der Waals surface area contributed by atoms with Crippen LogP contribution in [-0.4, -0.2) is 40.8 Å². The van der Waals surface area contributed by atoms with Gasteiger partial charge in [0.25, 0.3) is 0 Å². The number of hydrogen-bond donors (Lipinski definition) is 4. The Morgan fingerprint density at radius 2 is 1.88 bits per heavy atom. The van der Waals surface area contributed by atoms with E-state index in [2.05, 4.69) is 10.6 Å². The SMILES string of the molecule is CCCNC(=O)N[C@@H](CCC(=O)O)C(=O)O. The first kappa shape index (κ1) is 14.2. The average Bonchev–Trinajstić information content (AvgIpc) is 2.20. The fourth-order valence-corrected chi connectivity index (χ4v) is 0.973. The van der Waals surface area contributed by atoms with E-state index >= 15 is 0 Å². The van der Waals surface area contributed by atoms with Gasteiger partial charge in [-0.05, 0) is 12.8 Å². The summed E-state index contributed by atoms with van der Waals surface area (Å²) >= 11 is 0. The van der Waals surface area contributed by atoms with Gasteiger partial charge in [-0.15, -0.1) is 0 Å². The Morgan fingerprint density at radius 1 is 1.25 bits per heavy atom. The molecule has 0 heterocycles. The minimum atomic E-state index is -1.24. The lowest BCUT2D eigenvalue weighted by molar-refractivity contribution is -0.140. The van der Waals surface area contributed by atoms with Gasteiger partial charge in [-0.2, -0.15) is 0 Å². The van der Waals surface area contributed by atoms with E-state index in [-0.39, 0.29) is 12.8 Å². The van der Waals surface area contributed by atoms with Crippen molar-refractivity contribution in [2.45, 2.75) is 32.2 Å². The van der Waals surface area contributed by atoms with Crippen molar-refractivity contribution in [2.75, 3.05) is 6.54 Å². The summed E-state index contributed by atoms with van der Waals surface area (Å²) < 4.78 is 0. The van der Waals surface area contributed by atoms with E-state index in [1.54, 1.807) is 0 Å². The maximum Gasteiger partial charge on any atom is 0.326 e. The molecule has 0 bridgehead atoms. The molecule has 0 saturated carbocycles. The first-order valence-corrected chi connectivity index (χ1v) is 4.96. The molecule has 0 aliphatic heterocycles. The number of nitrogens with one attached hydrogen (secondary N) is 2. The third kappa shape index (κ3) is 6.63. The van der Waals surface area contributed by atoms with Crippen molar-refractivity contribution < 1.29 is 24.6 Å². The Bertz CT molecular complexity index is 267. The molecule has 1 atom stereocenters. The predicted octanol–water partition coefficient (Wildman–Crippen LogP) is 0.0136. The highest BCUT2D eigenvalue weighted by molar-refractivity contribution is 5.82. The number of aliphatic carboxylic acids is 2. The molecular weight excluding hydrogens is 216 g/mol. The molecule has 0 spiro atoms. The molecule has 0 aromatic rings. The number of carboxylic acids is 2. The first-order chi connectivity index (χ1) is 7.47. The second kappa shape index (κ2) is 7.49. The first-order valence-electron chi connectivity index (χ1n) is 4.96. The van der Waals surface area contributed by atoms with E-state index < -0.39 is 24.0 Å². The molecule has 0 radical (unpaired) electrons. The van der Waals surface area contributed by atoms with Crippen LogP contribution in [0.5, 0.6) is 0 Å². The van der Waals surface area contributed by atoms with Gasteiger partial charge in [-0.1, -0.05) is 6.92 Å². The van der Waals surface area contributed by atoms with Crippen LogP contribution in [0.3, 0.4) is 0 Å². The van der Waals surface area contributed by atoms with E-state index in [0.29, 0.717) is 6.54 Å². The van der Waals surface area contributed by atoms with Crippen LogP contribution in [0.15, 0.2) is 0 Å². The summed E-state index contributed by atoms with van der Waals surface area (Å²) in [5, 5.41) is 21.8. The predicted molar refractivity (Wildman–Crippen MR) is 55.1 cm³/mol.